The van der Waals surface area contributed by atoms with Crippen molar-refractivity contribution in [3.05, 3.63) is 27.9 Å². The molecule has 9 heteroatoms. The molecule has 0 aliphatic heterocycles. The van der Waals surface area contributed by atoms with E-state index in [2.05, 4.69) is 10.3 Å². The number of hydrogen-bond acceptors (Lipinski definition) is 5. The summed E-state index contributed by atoms with van der Waals surface area (Å²) in [6, 6.07) is 1.37. The average Bonchev–Trinajstić information content (AvgIpc) is 2.83. The van der Waals surface area contributed by atoms with Gasteiger partial charge >= 0.3 is 11.8 Å². The van der Waals surface area contributed by atoms with Crippen LogP contribution in [0, 0.1) is 10.1 Å². The maximum Gasteiger partial charge on any atom is 0.326 e. The molecule has 0 unspecified atom stereocenters. The van der Waals surface area contributed by atoms with Gasteiger partial charge in [0.15, 0.2) is 5.69 Å². The molecule has 8 nitrogen and oxygen atoms in total. The van der Waals surface area contributed by atoms with E-state index in [1.54, 1.807) is 0 Å². The first kappa shape index (κ1) is 15.0. The van der Waals surface area contributed by atoms with Gasteiger partial charge in [-0.3, -0.25) is 4.79 Å². The first-order valence-electron chi connectivity index (χ1n) is 5.31. The van der Waals surface area contributed by atoms with E-state index in [-0.39, 0.29) is 17.9 Å². The summed E-state index contributed by atoms with van der Waals surface area (Å²) in [7, 11) is 0. The van der Waals surface area contributed by atoms with Crippen LogP contribution < -0.4 is 5.32 Å². The number of thioether (sulfide) groups is 1. The van der Waals surface area contributed by atoms with E-state index in [0.717, 1.165) is 6.07 Å². The molecule has 0 fully saturated rings. The SMILES string of the molecule is CSCC[C@H](NC(=O)c1ccc([N+](=O)[O-])[nH]1)C(=O)O. The number of hydrogen-bond donors (Lipinski definition) is 3. The van der Waals surface area contributed by atoms with Crippen molar-refractivity contribution in [2.75, 3.05) is 12.0 Å². The molecule has 0 spiro atoms. The molecule has 3 N–H and O–H groups in total. The number of nitro groups is 1. The van der Waals surface area contributed by atoms with Crippen LogP contribution in [0.25, 0.3) is 0 Å². The number of nitrogens with zero attached hydrogens (tertiary/aromatic N) is 1. The van der Waals surface area contributed by atoms with E-state index in [1.807, 2.05) is 6.26 Å². The van der Waals surface area contributed by atoms with E-state index < -0.39 is 22.8 Å². The molecule has 1 amide bonds. The number of aromatic amines is 1. The van der Waals surface area contributed by atoms with Gasteiger partial charge in [0.05, 0.1) is 0 Å². The van der Waals surface area contributed by atoms with Crippen LogP contribution >= 0.6 is 11.8 Å². The highest BCUT2D eigenvalue weighted by Gasteiger charge is 2.23. The molecule has 19 heavy (non-hydrogen) atoms. The monoisotopic (exact) mass is 287 g/mol. The van der Waals surface area contributed by atoms with Crippen molar-refractivity contribution >= 4 is 29.5 Å². The molecule has 0 aliphatic rings. The van der Waals surface area contributed by atoms with Crippen molar-refractivity contribution in [1.82, 2.24) is 10.3 Å². The second-order valence-corrected chi connectivity index (χ2v) is 4.65. The number of carboxylic acid groups (broad SMARTS) is 1. The minimum Gasteiger partial charge on any atom is -0.480 e. The number of aliphatic carboxylic acids is 1. The van der Waals surface area contributed by atoms with E-state index in [4.69, 9.17) is 5.11 Å². The molecule has 1 aromatic rings. The number of rotatable bonds is 7. The third kappa shape index (κ3) is 4.28. The largest absolute Gasteiger partial charge is 0.480 e. The molecule has 0 bridgehead atoms. The lowest BCUT2D eigenvalue weighted by molar-refractivity contribution is -0.389. The molecule has 0 radical (unpaired) electrons. The highest BCUT2D eigenvalue weighted by atomic mass is 32.2. The van der Waals surface area contributed by atoms with Crippen LogP contribution in [0.5, 0.6) is 0 Å². The fraction of sp³-hybridized carbons (Fsp3) is 0.400. The minimum absolute atomic E-state index is 0.0397. The molecule has 104 valence electrons. The number of amides is 1. The maximum atomic E-state index is 11.7. The molecule has 0 aromatic carbocycles. The third-order valence-electron chi connectivity index (χ3n) is 2.33. The highest BCUT2D eigenvalue weighted by Crippen LogP contribution is 2.10. The van der Waals surface area contributed by atoms with Crippen LogP contribution in [-0.2, 0) is 4.79 Å². The van der Waals surface area contributed by atoms with E-state index in [0.29, 0.717) is 5.75 Å². The molecule has 0 saturated heterocycles. The van der Waals surface area contributed by atoms with Gasteiger partial charge in [-0.15, -0.1) is 0 Å². The van der Waals surface area contributed by atoms with Crippen LogP contribution in [0.1, 0.15) is 16.9 Å². The predicted octanol–water partition coefficient (Wildman–Crippen LogP) is 0.859. The minimum atomic E-state index is -1.14. The summed E-state index contributed by atoms with van der Waals surface area (Å²) in [5, 5.41) is 21.7. The third-order valence-corrected chi connectivity index (χ3v) is 2.97. The average molecular weight is 287 g/mol. The normalized spacial score (nSPS) is 11.8. The number of aromatic nitrogens is 1. The highest BCUT2D eigenvalue weighted by molar-refractivity contribution is 7.98. The maximum absolute atomic E-state index is 11.7. The van der Waals surface area contributed by atoms with E-state index >= 15 is 0 Å². The smallest absolute Gasteiger partial charge is 0.326 e. The Morgan fingerprint density at radius 2 is 2.26 bits per heavy atom. The predicted molar refractivity (Wildman–Crippen MR) is 69.3 cm³/mol. The lowest BCUT2D eigenvalue weighted by atomic mass is 10.2. The standard InChI is InChI=1S/C10H13N3O5S/c1-19-5-4-7(10(15)16)12-9(14)6-2-3-8(11-6)13(17)18/h2-3,7,11H,4-5H2,1H3,(H,12,14)(H,15,16)/t7-/m0/s1. The molecule has 0 saturated carbocycles. The van der Waals surface area contributed by atoms with Gasteiger partial charge in [0.1, 0.15) is 6.04 Å². The van der Waals surface area contributed by atoms with Crippen LogP contribution in [0.3, 0.4) is 0 Å². The summed E-state index contributed by atoms with van der Waals surface area (Å²) in [6.07, 6.45) is 2.11. The van der Waals surface area contributed by atoms with Crippen molar-refractivity contribution in [1.29, 1.82) is 0 Å². The van der Waals surface area contributed by atoms with E-state index in [1.165, 1.54) is 17.8 Å². The molecule has 1 heterocycles. The summed E-state index contributed by atoms with van der Waals surface area (Å²) in [5.41, 5.74) is -0.0397. The van der Waals surface area contributed by atoms with Gasteiger partial charge in [-0.25, -0.2) is 9.78 Å². The van der Waals surface area contributed by atoms with Crippen LogP contribution in [-0.4, -0.2) is 44.9 Å². The first-order valence-corrected chi connectivity index (χ1v) is 6.71. The Kier molecular flexibility index (Phi) is 5.37. The number of H-pyrrole nitrogens is 1. The number of nitrogens with one attached hydrogen (secondary N) is 2. The Labute approximate surface area is 112 Å². The molecular formula is C10H13N3O5S. The summed E-state index contributed by atoms with van der Waals surface area (Å²) >= 11 is 1.47. The Morgan fingerprint density at radius 3 is 2.74 bits per heavy atom. The van der Waals surface area contributed by atoms with Gasteiger partial charge in [0.25, 0.3) is 5.91 Å². The lowest BCUT2D eigenvalue weighted by Crippen LogP contribution is -2.41. The van der Waals surface area contributed by atoms with Crippen molar-refractivity contribution in [3.8, 4) is 0 Å². The second-order valence-electron chi connectivity index (χ2n) is 3.66. The zero-order chi connectivity index (χ0) is 14.4. The van der Waals surface area contributed by atoms with E-state index in [9.17, 15) is 19.7 Å². The molecule has 1 rings (SSSR count). The Balaban J connectivity index is 2.70. The first-order chi connectivity index (χ1) is 8.95. The Hall–Kier alpha value is -2.03. The second kappa shape index (κ2) is 6.78. The van der Waals surface area contributed by atoms with Gasteiger partial charge < -0.3 is 20.5 Å². The molecule has 0 aliphatic carbocycles. The van der Waals surface area contributed by atoms with Gasteiger partial charge in [-0.1, -0.05) is 0 Å². The molecule has 1 aromatic heterocycles. The number of carboxylic acids is 1. The van der Waals surface area contributed by atoms with Gasteiger partial charge in [-0.05, 0) is 29.4 Å². The summed E-state index contributed by atoms with van der Waals surface area (Å²) in [4.78, 5) is 34.8. The fourth-order valence-electron chi connectivity index (χ4n) is 1.35. The topological polar surface area (TPSA) is 125 Å². The number of carbonyl (C=O) groups excluding carboxylic acids is 1. The van der Waals surface area contributed by atoms with Crippen molar-refractivity contribution in [3.63, 3.8) is 0 Å². The van der Waals surface area contributed by atoms with Crippen LogP contribution in [0.2, 0.25) is 0 Å². The van der Waals surface area contributed by atoms with Crippen LogP contribution in [0.15, 0.2) is 12.1 Å². The summed E-state index contributed by atoms with van der Waals surface area (Å²) < 4.78 is 0. The van der Waals surface area contributed by atoms with Gasteiger partial charge in [-0.2, -0.15) is 11.8 Å². The summed E-state index contributed by atoms with van der Waals surface area (Å²) in [6.45, 7) is 0. The molecular weight excluding hydrogens is 274 g/mol. The zero-order valence-electron chi connectivity index (χ0n) is 10.1. The van der Waals surface area contributed by atoms with Crippen molar-refractivity contribution < 1.29 is 19.6 Å². The zero-order valence-corrected chi connectivity index (χ0v) is 10.9. The Bertz CT molecular complexity index is 487. The van der Waals surface area contributed by atoms with Crippen LogP contribution in [0.4, 0.5) is 5.82 Å². The van der Waals surface area contributed by atoms with Crippen molar-refractivity contribution in [2.45, 2.75) is 12.5 Å². The fourth-order valence-corrected chi connectivity index (χ4v) is 1.82. The number of carbonyl (C=O) groups is 2. The quantitative estimate of drug-likeness (QED) is 0.504. The molecule has 1 atom stereocenters. The summed E-state index contributed by atoms with van der Waals surface area (Å²) in [5.74, 6) is -1.55. The van der Waals surface area contributed by atoms with Crippen molar-refractivity contribution in [2.24, 2.45) is 0 Å². The van der Waals surface area contributed by atoms with Gasteiger partial charge in [0, 0.05) is 6.07 Å². The lowest BCUT2D eigenvalue weighted by Gasteiger charge is -2.12. The Morgan fingerprint density at radius 1 is 1.58 bits per heavy atom. The van der Waals surface area contributed by atoms with Gasteiger partial charge in [0.2, 0.25) is 0 Å².